The number of ether oxygens (including phenoxy) is 1. The number of piperazine rings is 1. The SMILES string of the molecule is CCN1CCN(CC2CCC(CNC(C)C)O2)CC1. The standard InChI is InChI=1S/C15H31N3O/c1-4-17-7-9-18(10-8-17)12-15-6-5-14(19-15)11-16-13(2)3/h13-16H,4-12H2,1-3H3. The van der Waals surface area contributed by atoms with Crippen molar-refractivity contribution < 1.29 is 4.74 Å². The number of likely N-dealkylation sites (N-methyl/N-ethyl adjacent to an activating group) is 1. The minimum absolute atomic E-state index is 0.435. The zero-order valence-electron chi connectivity index (χ0n) is 12.9. The Balaban J connectivity index is 1.62. The van der Waals surface area contributed by atoms with Crippen LogP contribution in [0.2, 0.25) is 0 Å². The molecule has 0 aromatic rings. The Bertz CT molecular complexity index is 252. The van der Waals surface area contributed by atoms with Crippen molar-refractivity contribution in [2.45, 2.75) is 51.9 Å². The van der Waals surface area contributed by atoms with E-state index in [-0.39, 0.29) is 0 Å². The predicted molar refractivity (Wildman–Crippen MR) is 79.6 cm³/mol. The van der Waals surface area contributed by atoms with Gasteiger partial charge in [-0.25, -0.2) is 0 Å². The van der Waals surface area contributed by atoms with E-state index in [0.717, 1.165) is 13.1 Å². The smallest absolute Gasteiger partial charge is 0.0707 e. The summed E-state index contributed by atoms with van der Waals surface area (Å²) in [6.45, 7) is 14.8. The van der Waals surface area contributed by atoms with Crippen molar-refractivity contribution in [3.63, 3.8) is 0 Å². The van der Waals surface area contributed by atoms with Gasteiger partial charge in [0.05, 0.1) is 12.2 Å². The molecule has 0 aromatic heterocycles. The van der Waals surface area contributed by atoms with Crippen LogP contribution >= 0.6 is 0 Å². The summed E-state index contributed by atoms with van der Waals surface area (Å²) >= 11 is 0. The fourth-order valence-electron chi connectivity index (χ4n) is 3.01. The molecule has 0 aliphatic carbocycles. The second-order valence-electron chi connectivity index (χ2n) is 6.26. The zero-order chi connectivity index (χ0) is 13.7. The van der Waals surface area contributed by atoms with Crippen LogP contribution in [-0.2, 0) is 4.74 Å². The average Bonchev–Trinajstić information content (AvgIpc) is 2.85. The highest BCUT2D eigenvalue weighted by atomic mass is 16.5. The summed E-state index contributed by atoms with van der Waals surface area (Å²) in [4.78, 5) is 5.11. The Morgan fingerprint density at radius 3 is 2.32 bits per heavy atom. The van der Waals surface area contributed by atoms with Crippen molar-refractivity contribution in [3.05, 3.63) is 0 Å². The molecule has 2 aliphatic rings. The van der Waals surface area contributed by atoms with E-state index in [0.29, 0.717) is 18.2 Å². The van der Waals surface area contributed by atoms with Crippen LogP contribution in [0.1, 0.15) is 33.6 Å². The van der Waals surface area contributed by atoms with Crippen molar-refractivity contribution >= 4 is 0 Å². The lowest BCUT2D eigenvalue weighted by molar-refractivity contribution is 0.0125. The van der Waals surface area contributed by atoms with Crippen molar-refractivity contribution in [2.24, 2.45) is 0 Å². The lowest BCUT2D eigenvalue weighted by atomic mass is 10.1. The van der Waals surface area contributed by atoms with E-state index in [1.54, 1.807) is 0 Å². The van der Waals surface area contributed by atoms with Gasteiger partial charge in [-0.15, -0.1) is 0 Å². The zero-order valence-corrected chi connectivity index (χ0v) is 12.9. The van der Waals surface area contributed by atoms with Gasteiger partial charge in [0, 0.05) is 45.3 Å². The fraction of sp³-hybridized carbons (Fsp3) is 1.00. The molecule has 112 valence electrons. The molecule has 19 heavy (non-hydrogen) atoms. The molecular weight excluding hydrogens is 238 g/mol. The summed E-state index contributed by atoms with van der Waals surface area (Å²) in [5.41, 5.74) is 0. The number of nitrogens with zero attached hydrogens (tertiary/aromatic N) is 2. The molecule has 2 fully saturated rings. The van der Waals surface area contributed by atoms with Crippen molar-refractivity contribution in [2.75, 3.05) is 45.8 Å². The summed E-state index contributed by atoms with van der Waals surface area (Å²) in [5.74, 6) is 0. The van der Waals surface area contributed by atoms with Gasteiger partial charge in [0.1, 0.15) is 0 Å². The molecule has 2 saturated heterocycles. The van der Waals surface area contributed by atoms with E-state index in [2.05, 4.69) is 35.9 Å². The molecule has 2 aliphatic heterocycles. The van der Waals surface area contributed by atoms with Gasteiger partial charge in [0.25, 0.3) is 0 Å². The van der Waals surface area contributed by atoms with Crippen molar-refractivity contribution in [1.29, 1.82) is 0 Å². The van der Waals surface area contributed by atoms with Crippen molar-refractivity contribution in [1.82, 2.24) is 15.1 Å². The first kappa shape index (κ1) is 15.2. The molecular formula is C15H31N3O. The van der Waals surface area contributed by atoms with Crippen LogP contribution in [-0.4, -0.2) is 73.9 Å². The van der Waals surface area contributed by atoms with Crippen molar-refractivity contribution in [3.8, 4) is 0 Å². The van der Waals surface area contributed by atoms with Gasteiger partial charge < -0.3 is 15.0 Å². The van der Waals surface area contributed by atoms with Gasteiger partial charge in [-0.3, -0.25) is 4.90 Å². The van der Waals surface area contributed by atoms with Crippen LogP contribution in [0.4, 0.5) is 0 Å². The summed E-state index contributed by atoms with van der Waals surface area (Å²) in [6.07, 6.45) is 3.36. The first-order valence-electron chi connectivity index (χ1n) is 8.01. The third kappa shape index (κ3) is 5.03. The van der Waals surface area contributed by atoms with Crippen LogP contribution in [0.25, 0.3) is 0 Å². The molecule has 4 nitrogen and oxygen atoms in total. The fourth-order valence-corrected chi connectivity index (χ4v) is 3.01. The Labute approximate surface area is 118 Å². The van der Waals surface area contributed by atoms with E-state index < -0.39 is 0 Å². The van der Waals surface area contributed by atoms with Crippen LogP contribution in [0.5, 0.6) is 0 Å². The maximum Gasteiger partial charge on any atom is 0.0707 e. The Morgan fingerprint density at radius 1 is 1.05 bits per heavy atom. The first-order valence-corrected chi connectivity index (χ1v) is 8.01. The maximum absolute atomic E-state index is 6.15. The third-order valence-corrected chi connectivity index (χ3v) is 4.32. The van der Waals surface area contributed by atoms with Crippen LogP contribution in [0.3, 0.4) is 0 Å². The average molecular weight is 269 g/mol. The lowest BCUT2D eigenvalue weighted by Gasteiger charge is -2.35. The topological polar surface area (TPSA) is 27.7 Å². The second-order valence-corrected chi connectivity index (χ2v) is 6.26. The van der Waals surface area contributed by atoms with Gasteiger partial charge in [-0.1, -0.05) is 20.8 Å². The molecule has 0 aromatic carbocycles. The van der Waals surface area contributed by atoms with Gasteiger partial charge >= 0.3 is 0 Å². The highest BCUT2D eigenvalue weighted by Gasteiger charge is 2.27. The molecule has 0 saturated carbocycles. The van der Waals surface area contributed by atoms with Crippen LogP contribution in [0.15, 0.2) is 0 Å². The molecule has 0 radical (unpaired) electrons. The van der Waals surface area contributed by atoms with Gasteiger partial charge in [0.2, 0.25) is 0 Å². The predicted octanol–water partition coefficient (Wildman–Crippen LogP) is 1.17. The van der Waals surface area contributed by atoms with E-state index >= 15 is 0 Å². The molecule has 1 N–H and O–H groups in total. The Hall–Kier alpha value is -0.160. The second kappa shape index (κ2) is 7.58. The monoisotopic (exact) mass is 269 g/mol. The normalized spacial score (nSPS) is 30.3. The maximum atomic E-state index is 6.15. The highest BCUT2D eigenvalue weighted by molar-refractivity contribution is 4.80. The molecule has 2 heterocycles. The number of hydrogen-bond donors (Lipinski definition) is 1. The molecule has 0 spiro atoms. The molecule has 0 bridgehead atoms. The highest BCUT2D eigenvalue weighted by Crippen LogP contribution is 2.20. The molecule has 2 rings (SSSR count). The quantitative estimate of drug-likeness (QED) is 0.783. The summed E-state index contributed by atoms with van der Waals surface area (Å²) in [6, 6.07) is 0.560. The number of hydrogen-bond acceptors (Lipinski definition) is 4. The number of nitrogens with one attached hydrogen (secondary N) is 1. The molecule has 2 unspecified atom stereocenters. The summed E-state index contributed by atoms with van der Waals surface area (Å²) in [7, 11) is 0. The van der Waals surface area contributed by atoms with Crippen LogP contribution in [0, 0.1) is 0 Å². The van der Waals surface area contributed by atoms with Gasteiger partial charge in [-0.2, -0.15) is 0 Å². The van der Waals surface area contributed by atoms with E-state index in [4.69, 9.17) is 4.74 Å². The lowest BCUT2D eigenvalue weighted by Crippen LogP contribution is -2.48. The Kier molecular flexibility index (Phi) is 6.07. The van der Waals surface area contributed by atoms with Gasteiger partial charge in [0.15, 0.2) is 0 Å². The van der Waals surface area contributed by atoms with E-state index in [9.17, 15) is 0 Å². The third-order valence-electron chi connectivity index (χ3n) is 4.32. The van der Waals surface area contributed by atoms with Gasteiger partial charge in [-0.05, 0) is 19.4 Å². The van der Waals surface area contributed by atoms with E-state index in [1.807, 2.05) is 0 Å². The molecule has 4 heteroatoms. The largest absolute Gasteiger partial charge is 0.372 e. The Morgan fingerprint density at radius 2 is 1.68 bits per heavy atom. The minimum atomic E-state index is 0.435. The number of rotatable bonds is 6. The first-order chi connectivity index (χ1) is 9.17. The van der Waals surface area contributed by atoms with Crippen LogP contribution < -0.4 is 5.32 Å². The minimum Gasteiger partial charge on any atom is -0.372 e. The van der Waals surface area contributed by atoms with E-state index in [1.165, 1.54) is 45.6 Å². The summed E-state index contributed by atoms with van der Waals surface area (Å²) in [5, 5.41) is 3.48. The molecule has 0 amide bonds. The summed E-state index contributed by atoms with van der Waals surface area (Å²) < 4.78 is 6.15. The molecule has 2 atom stereocenters.